The Labute approximate surface area is 104 Å². The first-order chi connectivity index (χ1) is 8.06. The Kier molecular flexibility index (Phi) is 9.49. The van der Waals surface area contributed by atoms with Crippen molar-refractivity contribution in [1.82, 2.24) is 5.32 Å². The highest BCUT2D eigenvalue weighted by atomic mass is 16.2. The SMILES string of the molecule is CCCCCCCCC(C)NC(=O)CC(N)=O. The number of hydrogen-bond donors (Lipinski definition) is 2. The van der Waals surface area contributed by atoms with Gasteiger partial charge in [-0.1, -0.05) is 45.4 Å². The van der Waals surface area contributed by atoms with Crippen LogP contribution in [-0.2, 0) is 9.59 Å². The highest BCUT2D eigenvalue weighted by Gasteiger charge is 2.09. The second-order valence-corrected chi connectivity index (χ2v) is 4.67. The van der Waals surface area contributed by atoms with Gasteiger partial charge in [0.25, 0.3) is 0 Å². The van der Waals surface area contributed by atoms with Crippen molar-refractivity contribution in [3.05, 3.63) is 0 Å². The van der Waals surface area contributed by atoms with E-state index >= 15 is 0 Å². The number of carbonyl (C=O) groups is 2. The molecule has 0 rings (SSSR count). The number of hydrogen-bond acceptors (Lipinski definition) is 2. The maximum Gasteiger partial charge on any atom is 0.229 e. The van der Waals surface area contributed by atoms with Crippen LogP contribution in [0.5, 0.6) is 0 Å². The lowest BCUT2D eigenvalue weighted by atomic mass is 10.1. The highest BCUT2D eigenvalue weighted by molar-refractivity contribution is 5.96. The van der Waals surface area contributed by atoms with E-state index in [1.807, 2.05) is 6.92 Å². The Morgan fingerprint density at radius 3 is 2.29 bits per heavy atom. The van der Waals surface area contributed by atoms with Crippen LogP contribution in [-0.4, -0.2) is 17.9 Å². The van der Waals surface area contributed by atoms with Crippen molar-refractivity contribution < 1.29 is 9.59 Å². The fourth-order valence-corrected chi connectivity index (χ4v) is 1.79. The largest absolute Gasteiger partial charge is 0.369 e. The lowest BCUT2D eigenvalue weighted by Crippen LogP contribution is -2.35. The first-order valence-electron chi connectivity index (χ1n) is 6.64. The Morgan fingerprint density at radius 1 is 1.12 bits per heavy atom. The molecule has 2 amide bonds. The van der Waals surface area contributed by atoms with E-state index in [0.29, 0.717) is 0 Å². The van der Waals surface area contributed by atoms with E-state index in [4.69, 9.17) is 5.73 Å². The lowest BCUT2D eigenvalue weighted by molar-refractivity contribution is -0.128. The van der Waals surface area contributed by atoms with E-state index in [2.05, 4.69) is 12.2 Å². The maximum absolute atomic E-state index is 11.2. The third-order valence-electron chi connectivity index (χ3n) is 2.73. The Bertz CT molecular complexity index is 229. The lowest BCUT2D eigenvalue weighted by Gasteiger charge is -2.12. The topological polar surface area (TPSA) is 72.2 Å². The minimum atomic E-state index is -0.575. The van der Waals surface area contributed by atoms with Crippen LogP contribution in [0.2, 0.25) is 0 Å². The van der Waals surface area contributed by atoms with Gasteiger partial charge in [-0.15, -0.1) is 0 Å². The molecule has 1 atom stereocenters. The average molecular weight is 242 g/mol. The van der Waals surface area contributed by atoms with Crippen LogP contribution in [0.25, 0.3) is 0 Å². The van der Waals surface area contributed by atoms with Gasteiger partial charge in [0.05, 0.1) is 0 Å². The minimum absolute atomic E-state index is 0.132. The second kappa shape index (κ2) is 10.1. The summed E-state index contributed by atoms with van der Waals surface area (Å²) in [7, 11) is 0. The number of carbonyl (C=O) groups excluding carboxylic acids is 2. The standard InChI is InChI=1S/C13H26N2O2/c1-3-4-5-6-7-8-9-11(2)15-13(17)10-12(14)16/h11H,3-10H2,1-2H3,(H2,14,16)(H,15,17). The minimum Gasteiger partial charge on any atom is -0.369 e. The summed E-state index contributed by atoms with van der Waals surface area (Å²) in [4.78, 5) is 21.7. The summed E-state index contributed by atoms with van der Waals surface area (Å²) in [6, 6.07) is 0.132. The van der Waals surface area contributed by atoms with Gasteiger partial charge in [0.2, 0.25) is 11.8 Å². The zero-order valence-electron chi connectivity index (χ0n) is 11.1. The van der Waals surface area contributed by atoms with Gasteiger partial charge in [-0.3, -0.25) is 9.59 Å². The van der Waals surface area contributed by atoms with Gasteiger partial charge in [-0.2, -0.15) is 0 Å². The van der Waals surface area contributed by atoms with E-state index in [1.54, 1.807) is 0 Å². The summed E-state index contributed by atoms with van der Waals surface area (Å²) >= 11 is 0. The van der Waals surface area contributed by atoms with E-state index in [9.17, 15) is 9.59 Å². The molecule has 0 radical (unpaired) electrons. The summed E-state index contributed by atoms with van der Waals surface area (Å²) in [5.41, 5.74) is 4.94. The van der Waals surface area contributed by atoms with Gasteiger partial charge < -0.3 is 11.1 Å². The fraction of sp³-hybridized carbons (Fsp3) is 0.846. The highest BCUT2D eigenvalue weighted by Crippen LogP contribution is 2.08. The van der Waals surface area contributed by atoms with Crippen LogP contribution in [0.15, 0.2) is 0 Å². The normalized spacial score (nSPS) is 12.1. The Morgan fingerprint density at radius 2 is 1.71 bits per heavy atom. The van der Waals surface area contributed by atoms with Crippen molar-refractivity contribution in [1.29, 1.82) is 0 Å². The van der Waals surface area contributed by atoms with Gasteiger partial charge in [-0.05, 0) is 13.3 Å². The third-order valence-corrected chi connectivity index (χ3v) is 2.73. The van der Waals surface area contributed by atoms with E-state index in [1.165, 1.54) is 32.1 Å². The van der Waals surface area contributed by atoms with Crippen LogP contribution in [0.3, 0.4) is 0 Å². The molecule has 3 N–H and O–H groups in total. The molecule has 1 unspecified atom stereocenters. The molecule has 0 spiro atoms. The van der Waals surface area contributed by atoms with E-state index in [0.717, 1.165) is 12.8 Å². The quantitative estimate of drug-likeness (QED) is 0.455. The van der Waals surface area contributed by atoms with Crippen molar-refractivity contribution in [2.45, 2.75) is 71.3 Å². The van der Waals surface area contributed by atoms with Crippen LogP contribution in [0.4, 0.5) is 0 Å². The van der Waals surface area contributed by atoms with E-state index < -0.39 is 5.91 Å². The number of nitrogens with two attached hydrogens (primary N) is 1. The summed E-state index contributed by atoms with van der Waals surface area (Å²) in [6.07, 6.45) is 8.26. The molecule has 100 valence electrons. The number of primary amides is 1. The van der Waals surface area contributed by atoms with Gasteiger partial charge in [0, 0.05) is 6.04 Å². The van der Waals surface area contributed by atoms with Gasteiger partial charge in [0.15, 0.2) is 0 Å². The van der Waals surface area contributed by atoms with Gasteiger partial charge in [-0.25, -0.2) is 0 Å². The van der Waals surface area contributed by atoms with Crippen molar-refractivity contribution in [3.8, 4) is 0 Å². The zero-order valence-corrected chi connectivity index (χ0v) is 11.1. The molecule has 4 heteroatoms. The molecule has 0 bridgehead atoms. The average Bonchev–Trinajstić information content (AvgIpc) is 2.21. The van der Waals surface area contributed by atoms with Crippen LogP contribution in [0, 0.1) is 0 Å². The molecule has 0 aromatic rings. The fourth-order valence-electron chi connectivity index (χ4n) is 1.79. The molecule has 17 heavy (non-hydrogen) atoms. The maximum atomic E-state index is 11.2. The first-order valence-corrected chi connectivity index (χ1v) is 6.64. The molecule has 0 saturated heterocycles. The zero-order chi connectivity index (χ0) is 13.1. The van der Waals surface area contributed by atoms with Crippen LogP contribution >= 0.6 is 0 Å². The predicted molar refractivity (Wildman–Crippen MR) is 69.4 cm³/mol. The summed E-state index contributed by atoms with van der Waals surface area (Å²) in [5.74, 6) is -0.842. The number of amides is 2. The van der Waals surface area contributed by atoms with Crippen molar-refractivity contribution >= 4 is 11.8 Å². The molecule has 0 saturated carbocycles. The number of nitrogens with one attached hydrogen (secondary N) is 1. The van der Waals surface area contributed by atoms with Crippen LogP contribution in [0.1, 0.15) is 65.2 Å². The summed E-state index contributed by atoms with van der Waals surface area (Å²) < 4.78 is 0. The van der Waals surface area contributed by atoms with E-state index in [-0.39, 0.29) is 18.4 Å². The van der Waals surface area contributed by atoms with Crippen LogP contribution < -0.4 is 11.1 Å². The van der Waals surface area contributed by atoms with Crippen molar-refractivity contribution in [3.63, 3.8) is 0 Å². The molecule has 0 aromatic carbocycles. The van der Waals surface area contributed by atoms with Gasteiger partial charge in [0.1, 0.15) is 6.42 Å². The smallest absolute Gasteiger partial charge is 0.229 e. The Balaban J connectivity index is 3.42. The number of unbranched alkanes of at least 4 members (excludes halogenated alkanes) is 5. The molecule has 0 aliphatic rings. The molecule has 0 aliphatic carbocycles. The Hall–Kier alpha value is -1.06. The second-order valence-electron chi connectivity index (χ2n) is 4.67. The molecule has 4 nitrogen and oxygen atoms in total. The predicted octanol–water partition coefficient (Wildman–Crippen LogP) is 2.12. The third kappa shape index (κ3) is 11.2. The molecule has 0 aliphatic heterocycles. The monoisotopic (exact) mass is 242 g/mol. The molecule has 0 fully saturated rings. The van der Waals surface area contributed by atoms with Gasteiger partial charge >= 0.3 is 0 Å². The summed E-state index contributed by atoms with van der Waals surface area (Å²) in [6.45, 7) is 4.17. The summed E-state index contributed by atoms with van der Waals surface area (Å²) in [5, 5.41) is 2.77. The molecule has 0 heterocycles. The van der Waals surface area contributed by atoms with Crippen molar-refractivity contribution in [2.24, 2.45) is 5.73 Å². The number of rotatable bonds is 10. The van der Waals surface area contributed by atoms with Crippen molar-refractivity contribution in [2.75, 3.05) is 0 Å². The molecular weight excluding hydrogens is 216 g/mol. The first kappa shape index (κ1) is 15.9. The molecular formula is C13H26N2O2. The molecule has 0 aromatic heterocycles.